The Morgan fingerprint density at radius 2 is 2.07 bits per heavy atom. The lowest BCUT2D eigenvalue weighted by atomic mass is 9.87. The Balaban J connectivity index is 1.53. The van der Waals surface area contributed by atoms with Crippen LogP contribution in [0.4, 0.5) is 0 Å². The molecule has 28 heavy (non-hydrogen) atoms. The van der Waals surface area contributed by atoms with E-state index >= 15 is 0 Å². The second-order valence-corrected chi connectivity index (χ2v) is 7.37. The van der Waals surface area contributed by atoms with Gasteiger partial charge in [0, 0.05) is 31.0 Å². The number of phenols is 1. The largest absolute Gasteiger partial charge is 0.508 e. The van der Waals surface area contributed by atoms with Gasteiger partial charge >= 0.3 is 0 Å². The number of likely N-dealkylation sites (N-methyl/N-ethyl adjacent to an activating group) is 1. The number of benzene rings is 2. The molecule has 0 saturated heterocycles. The molecule has 6 heteroatoms. The second kappa shape index (κ2) is 7.72. The Morgan fingerprint density at radius 1 is 1.29 bits per heavy atom. The highest BCUT2D eigenvalue weighted by Crippen LogP contribution is 2.50. The molecule has 0 aliphatic carbocycles. The van der Waals surface area contributed by atoms with Crippen LogP contribution in [-0.2, 0) is 17.6 Å². The molecule has 0 bridgehead atoms. The number of carbonyl (C=O) groups is 1. The lowest BCUT2D eigenvalue weighted by Gasteiger charge is -2.35. The molecule has 0 saturated carbocycles. The summed E-state index contributed by atoms with van der Waals surface area (Å²) in [5.41, 5.74) is 3.25. The van der Waals surface area contributed by atoms with E-state index in [9.17, 15) is 9.90 Å². The molecule has 0 amide bonds. The molecule has 148 valence electrons. The summed E-state index contributed by atoms with van der Waals surface area (Å²) >= 11 is 0. The number of ketones is 1. The minimum Gasteiger partial charge on any atom is -0.508 e. The Bertz CT molecular complexity index is 877. The van der Waals surface area contributed by atoms with Gasteiger partial charge in [-0.3, -0.25) is 9.69 Å². The molecule has 1 atom stereocenters. The molecule has 4 rings (SSSR count). The average molecular weight is 383 g/mol. The quantitative estimate of drug-likeness (QED) is 0.826. The van der Waals surface area contributed by atoms with Crippen molar-refractivity contribution >= 4 is 5.78 Å². The molecule has 0 unspecified atom stereocenters. The molecule has 0 spiro atoms. The fourth-order valence-electron chi connectivity index (χ4n) is 4.05. The van der Waals surface area contributed by atoms with Crippen molar-refractivity contribution in [2.24, 2.45) is 0 Å². The third kappa shape index (κ3) is 3.52. The normalized spacial score (nSPS) is 18.0. The molecule has 2 heterocycles. The van der Waals surface area contributed by atoms with Gasteiger partial charge in [-0.15, -0.1) is 0 Å². The molecule has 0 fully saturated rings. The minimum atomic E-state index is -0.0412. The van der Waals surface area contributed by atoms with Crippen LogP contribution in [0.15, 0.2) is 30.3 Å². The van der Waals surface area contributed by atoms with Gasteiger partial charge in [0.15, 0.2) is 11.5 Å². The van der Waals surface area contributed by atoms with Crippen molar-refractivity contribution in [2.75, 3.05) is 27.5 Å². The van der Waals surface area contributed by atoms with E-state index in [1.807, 2.05) is 25.2 Å². The molecule has 2 aliphatic heterocycles. The number of nitrogens with zero attached hydrogens (tertiary/aromatic N) is 1. The number of fused-ring (bicyclic) bond motifs is 2. The van der Waals surface area contributed by atoms with Crippen LogP contribution in [0, 0.1) is 0 Å². The topological polar surface area (TPSA) is 68.2 Å². The number of aryl methyl sites for hydroxylation is 1. The predicted molar refractivity (Wildman–Crippen MR) is 104 cm³/mol. The number of hydrogen-bond donors (Lipinski definition) is 1. The van der Waals surface area contributed by atoms with Gasteiger partial charge in [-0.25, -0.2) is 0 Å². The number of rotatable bonds is 6. The smallest absolute Gasteiger partial charge is 0.231 e. The summed E-state index contributed by atoms with van der Waals surface area (Å²) < 4.78 is 16.9. The first kappa shape index (κ1) is 18.6. The number of phenolic OH excluding ortho intramolecular Hbond substituents is 1. The number of carbonyl (C=O) groups excluding carboxylic acids is 1. The number of ether oxygens (including phenoxy) is 3. The molecule has 0 radical (unpaired) electrons. The lowest BCUT2D eigenvalue weighted by Crippen LogP contribution is -2.34. The number of aromatic hydroxyl groups is 1. The van der Waals surface area contributed by atoms with Gasteiger partial charge in [0.2, 0.25) is 12.5 Å². The second-order valence-electron chi connectivity index (χ2n) is 7.37. The van der Waals surface area contributed by atoms with E-state index in [0.717, 1.165) is 35.4 Å². The van der Waals surface area contributed by atoms with Crippen LogP contribution in [0.5, 0.6) is 23.0 Å². The maximum atomic E-state index is 12.8. The van der Waals surface area contributed by atoms with Gasteiger partial charge < -0.3 is 19.3 Å². The van der Waals surface area contributed by atoms with E-state index in [4.69, 9.17) is 14.2 Å². The van der Waals surface area contributed by atoms with Crippen LogP contribution < -0.4 is 14.2 Å². The number of hydrogen-bond acceptors (Lipinski definition) is 6. The van der Waals surface area contributed by atoms with Crippen molar-refractivity contribution in [1.82, 2.24) is 4.90 Å². The summed E-state index contributed by atoms with van der Waals surface area (Å²) in [6.07, 6.45) is 2.45. The summed E-state index contributed by atoms with van der Waals surface area (Å²) in [4.78, 5) is 15.0. The predicted octanol–water partition coefficient (Wildman–Crippen LogP) is 3.25. The van der Waals surface area contributed by atoms with E-state index in [1.54, 1.807) is 19.2 Å². The van der Waals surface area contributed by atoms with Gasteiger partial charge in [0.05, 0.1) is 7.11 Å². The van der Waals surface area contributed by atoms with E-state index in [0.29, 0.717) is 30.8 Å². The molecule has 1 N–H and O–H groups in total. The maximum absolute atomic E-state index is 12.8. The molecular formula is C22H25NO5. The van der Waals surface area contributed by atoms with Crippen molar-refractivity contribution in [1.29, 1.82) is 0 Å². The standard InChI is InChI=1S/C22H25NO5/c1-23-10-9-15-11-19-21(28-13-27-19)22(26-2)20(15)18(23)12-17(25)8-5-14-3-6-16(24)7-4-14/h3-4,6-7,11,18,24H,5,8-10,12-13H2,1-2H3/t18-/m0/s1. The minimum absolute atomic E-state index is 0.0412. The molecule has 6 nitrogen and oxygen atoms in total. The summed E-state index contributed by atoms with van der Waals surface area (Å²) in [7, 11) is 3.68. The molecule has 2 aromatic carbocycles. The monoisotopic (exact) mass is 383 g/mol. The maximum Gasteiger partial charge on any atom is 0.231 e. The fraction of sp³-hybridized carbons (Fsp3) is 0.409. The highest BCUT2D eigenvalue weighted by Gasteiger charge is 2.34. The number of methoxy groups -OCH3 is 1. The van der Waals surface area contributed by atoms with Crippen LogP contribution in [0.3, 0.4) is 0 Å². The highest BCUT2D eigenvalue weighted by atomic mass is 16.7. The zero-order valence-corrected chi connectivity index (χ0v) is 16.2. The van der Waals surface area contributed by atoms with Gasteiger partial charge in [-0.2, -0.15) is 0 Å². The van der Waals surface area contributed by atoms with E-state index in [-0.39, 0.29) is 24.4 Å². The van der Waals surface area contributed by atoms with Gasteiger partial charge in [-0.1, -0.05) is 12.1 Å². The van der Waals surface area contributed by atoms with Gasteiger partial charge in [0.1, 0.15) is 11.5 Å². The van der Waals surface area contributed by atoms with Crippen LogP contribution in [0.25, 0.3) is 0 Å². The van der Waals surface area contributed by atoms with E-state index in [2.05, 4.69) is 4.90 Å². The Kier molecular flexibility index (Phi) is 5.13. The summed E-state index contributed by atoms with van der Waals surface area (Å²) in [5, 5.41) is 9.39. The Hall–Kier alpha value is -2.73. The number of Topliss-reactive ketones (excluding diaryl/α,β-unsaturated/α-hetero) is 1. The van der Waals surface area contributed by atoms with E-state index < -0.39 is 0 Å². The van der Waals surface area contributed by atoms with Crippen LogP contribution in [0.1, 0.15) is 35.6 Å². The summed E-state index contributed by atoms with van der Waals surface area (Å²) in [6.45, 7) is 1.08. The third-order valence-corrected chi connectivity index (χ3v) is 5.60. The first-order valence-electron chi connectivity index (χ1n) is 9.56. The van der Waals surface area contributed by atoms with Crippen molar-refractivity contribution < 1.29 is 24.1 Å². The summed E-state index contributed by atoms with van der Waals surface area (Å²) in [5.74, 6) is 2.49. The van der Waals surface area contributed by atoms with Crippen LogP contribution >= 0.6 is 0 Å². The molecule has 2 aromatic rings. The third-order valence-electron chi connectivity index (χ3n) is 5.60. The van der Waals surface area contributed by atoms with Crippen LogP contribution in [0.2, 0.25) is 0 Å². The highest BCUT2D eigenvalue weighted by molar-refractivity contribution is 5.80. The molecular weight excluding hydrogens is 358 g/mol. The SMILES string of the molecule is COc1c2c(cc3c1[C@H](CC(=O)CCc1ccc(O)cc1)N(C)CC3)OCO2. The van der Waals surface area contributed by atoms with Gasteiger partial charge in [-0.05, 0) is 49.2 Å². The first-order chi connectivity index (χ1) is 13.6. The van der Waals surface area contributed by atoms with E-state index in [1.165, 1.54) is 0 Å². The zero-order chi connectivity index (χ0) is 19.7. The Morgan fingerprint density at radius 3 is 2.82 bits per heavy atom. The Labute approximate surface area is 164 Å². The van der Waals surface area contributed by atoms with Crippen molar-refractivity contribution in [3.8, 4) is 23.0 Å². The average Bonchev–Trinajstić information content (AvgIpc) is 3.16. The van der Waals surface area contributed by atoms with Crippen molar-refractivity contribution in [3.05, 3.63) is 47.0 Å². The van der Waals surface area contributed by atoms with Gasteiger partial charge in [0.25, 0.3) is 0 Å². The van der Waals surface area contributed by atoms with Crippen molar-refractivity contribution in [2.45, 2.75) is 31.7 Å². The lowest BCUT2D eigenvalue weighted by molar-refractivity contribution is -0.120. The van der Waals surface area contributed by atoms with Crippen LogP contribution in [-0.4, -0.2) is 43.3 Å². The zero-order valence-electron chi connectivity index (χ0n) is 16.2. The fourth-order valence-corrected chi connectivity index (χ4v) is 4.05. The van der Waals surface area contributed by atoms with Crippen molar-refractivity contribution in [3.63, 3.8) is 0 Å². The summed E-state index contributed by atoms with van der Waals surface area (Å²) in [6, 6.07) is 9.00. The molecule has 2 aliphatic rings. The first-order valence-corrected chi connectivity index (χ1v) is 9.56. The molecule has 0 aromatic heterocycles.